The lowest BCUT2D eigenvalue weighted by atomic mass is 9.87. The molecule has 0 N–H and O–H groups in total. The highest BCUT2D eigenvalue weighted by atomic mass is 19.4. The van der Waals surface area contributed by atoms with Gasteiger partial charge in [-0.3, -0.25) is 4.79 Å². The third-order valence-electron chi connectivity index (χ3n) is 3.68. The molecule has 0 radical (unpaired) electrons. The van der Waals surface area contributed by atoms with E-state index in [1.165, 1.54) is 0 Å². The Bertz CT molecular complexity index is 761. The molecule has 0 aromatic rings. The molecule has 0 atom stereocenters. The maximum atomic E-state index is 13.3. The molecule has 0 rings (SSSR count). The Morgan fingerprint density at radius 3 is 0.765 bits per heavy atom. The van der Waals surface area contributed by atoms with Crippen LogP contribution in [0.5, 0.6) is 0 Å². The average Bonchev–Trinajstić information content (AvgIpc) is 2.59. The van der Waals surface area contributed by atoms with E-state index < -0.39 is 66.1 Å². The van der Waals surface area contributed by atoms with Crippen LogP contribution < -0.4 is 0 Å². The largest absolute Gasteiger partial charge is 0.473 e. The van der Waals surface area contributed by atoms with Gasteiger partial charge in [0.2, 0.25) is 0 Å². The summed E-state index contributed by atoms with van der Waals surface area (Å²) in [6.07, 6.45) is -15.4. The van der Waals surface area contributed by atoms with Crippen LogP contribution in [-0.4, -0.2) is 66.1 Å². The van der Waals surface area contributed by atoms with Gasteiger partial charge in [-0.1, -0.05) is 0 Å². The number of ether oxygens (including phenoxy) is 1. The Kier molecular flexibility index (Phi) is 7.29. The van der Waals surface area contributed by atoms with Crippen LogP contribution >= 0.6 is 0 Å². The fourth-order valence-corrected chi connectivity index (χ4v) is 1.68. The zero-order valence-electron chi connectivity index (χ0n) is 14.3. The van der Waals surface area contributed by atoms with E-state index in [0.717, 1.165) is 0 Å². The molecule has 0 bridgehead atoms. The average molecular weight is 564 g/mol. The van der Waals surface area contributed by atoms with Gasteiger partial charge in [0.15, 0.2) is 0 Å². The molecule has 0 spiro atoms. The van der Waals surface area contributed by atoms with E-state index in [-0.39, 0.29) is 0 Å². The normalized spacial score (nSPS) is 16.5. The molecule has 34 heavy (non-hydrogen) atoms. The molecule has 0 aromatic heterocycles. The molecule has 0 aliphatic carbocycles. The lowest BCUT2D eigenvalue weighted by molar-refractivity contribution is -0.481. The Morgan fingerprint density at radius 2 is 0.559 bits per heavy atom. The quantitative estimate of drug-likeness (QED) is 0.227. The minimum absolute atomic E-state index is 1.88. The summed E-state index contributed by atoms with van der Waals surface area (Å²) >= 11 is 0. The van der Waals surface area contributed by atoms with Crippen molar-refractivity contribution < 1.29 is 102 Å². The van der Waals surface area contributed by atoms with Crippen LogP contribution in [0, 0.1) is 0 Å². The maximum absolute atomic E-state index is 13.3. The van der Waals surface area contributed by atoms with Crippen LogP contribution in [0.2, 0.25) is 0 Å². The summed E-state index contributed by atoms with van der Waals surface area (Å²) < 4.78 is 272. The van der Waals surface area contributed by atoms with Gasteiger partial charge in [-0.15, -0.1) is 0 Å². The van der Waals surface area contributed by atoms with Crippen molar-refractivity contribution in [1.29, 1.82) is 0 Å². The number of rotatable bonds is 10. The fourth-order valence-electron chi connectivity index (χ4n) is 1.68. The van der Waals surface area contributed by atoms with E-state index in [2.05, 4.69) is 0 Å². The number of hydrogen-bond acceptors (Lipinski definition) is 2. The van der Waals surface area contributed by atoms with Crippen molar-refractivity contribution in [2.24, 2.45) is 0 Å². The van der Waals surface area contributed by atoms with Gasteiger partial charge in [0.1, 0.15) is 0 Å². The van der Waals surface area contributed by atoms with Gasteiger partial charge < -0.3 is 4.74 Å². The zero-order valence-corrected chi connectivity index (χ0v) is 14.3. The summed E-state index contributed by atoms with van der Waals surface area (Å²) in [6.45, 7) is -1.94. The van der Waals surface area contributed by atoms with Gasteiger partial charge >= 0.3 is 59.7 Å². The first kappa shape index (κ1) is 32.0. The number of alkyl halides is 21. The van der Waals surface area contributed by atoms with Crippen molar-refractivity contribution >= 4 is 6.47 Å². The Balaban J connectivity index is 7.04. The van der Waals surface area contributed by atoms with E-state index in [1.54, 1.807) is 0 Å². The van der Waals surface area contributed by atoms with Gasteiger partial charge in [0.25, 0.3) is 6.47 Å². The van der Waals surface area contributed by atoms with E-state index in [0.29, 0.717) is 0 Å². The summed E-state index contributed by atoms with van der Waals surface area (Å²) in [6, 6.07) is 0. The molecule has 0 fully saturated rings. The number of halogens is 21. The second-order valence-corrected chi connectivity index (χ2v) is 5.82. The van der Waals surface area contributed by atoms with Crippen LogP contribution in [0.15, 0.2) is 0 Å². The summed E-state index contributed by atoms with van der Waals surface area (Å²) in [5, 5.41) is 0. The van der Waals surface area contributed by atoms with E-state index in [1.807, 2.05) is 4.74 Å². The van der Waals surface area contributed by atoms with Crippen molar-refractivity contribution in [1.82, 2.24) is 0 Å². The molecular formula is C11HF21O2. The number of carbonyl (C=O) groups is 1. The summed E-state index contributed by atoms with van der Waals surface area (Å²) in [5.41, 5.74) is 0. The third kappa shape index (κ3) is 3.66. The van der Waals surface area contributed by atoms with E-state index in [4.69, 9.17) is 0 Å². The van der Waals surface area contributed by atoms with Gasteiger partial charge in [0, 0.05) is 0 Å². The van der Waals surface area contributed by atoms with Crippen LogP contribution in [0.4, 0.5) is 92.2 Å². The van der Waals surface area contributed by atoms with Crippen molar-refractivity contribution in [3.8, 4) is 0 Å². The van der Waals surface area contributed by atoms with Crippen LogP contribution in [0.25, 0.3) is 0 Å². The molecule has 2 nitrogen and oxygen atoms in total. The van der Waals surface area contributed by atoms with Crippen molar-refractivity contribution in [3.63, 3.8) is 0 Å². The van der Waals surface area contributed by atoms with E-state index in [9.17, 15) is 97.0 Å². The Labute approximate surface area is 169 Å². The molecule has 0 saturated carbocycles. The first-order valence-corrected chi connectivity index (χ1v) is 6.89. The second kappa shape index (κ2) is 7.75. The first-order chi connectivity index (χ1) is 14.3. The molecule has 0 amide bonds. The molecule has 23 heteroatoms. The Hall–Kier alpha value is -2.00. The number of hydrogen-bond donors (Lipinski definition) is 0. The molecule has 0 aliphatic heterocycles. The summed E-state index contributed by atoms with van der Waals surface area (Å²) in [4.78, 5) is 9.54. The maximum Gasteiger partial charge on any atom is 0.473 e. The van der Waals surface area contributed by atoms with Gasteiger partial charge in [0.05, 0.1) is 0 Å². The minimum Gasteiger partial charge on any atom is -0.398 e. The Morgan fingerprint density at radius 1 is 0.353 bits per heavy atom. The summed E-state index contributed by atoms with van der Waals surface area (Å²) in [5.74, 6) is -71.1. The van der Waals surface area contributed by atoms with Gasteiger partial charge in [-0.2, -0.15) is 92.2 Å². The molecule has 0 aliphatic rings. The topological polar surface area (TPSA) is 26.3 Å². The monoisotopic (exact) mass is 564 g/mol. The lowest BCUT2D eigenvalue weighted by Gasteiger charge is -2.44. The smallest absolute Gasteiger partial charge is 0.398 e. The molecular weight excluding hydrogens is 563 g/mol. The highest BCUT2D eigenvalue weighted by molar-refractivity contribution is 5.38. The fraction of sp³-hybridized carbons (Fsp3) is 0.909. The first-order valence-electron chi connectivity index (χ1n) is 6.89. The van der Waals surface area contributed by atoms with Crippen molar-refractivity contribution in [2.45, 2.75) is 59.7 Å². The zero-order chi connectivity index (χ0) is 28.4. The van der Waals surface area contributed by atoms with Gasteiger partial charge in [-0.25, -0.2) is 0 Å². The van der Waals surface area contributed by atoms with Crippen molar-refractivity contribution in [2.75, 3.05) is 0 Å². The van der Waals surface area contributed by atoms with Crippen molar-refractivity contribution in [3.05, 3.63) is 0 Å². The summed E-state index contributed by atoms with van der Waals surface area (Å²) in [7, 11) is 0. The predicted octanol–water partition coefficient (Wildman–Crippen LogP) is 6.40. The van der Waals surface area contributed by atoms with Crippen LogP contribution in [-0.2, 0) is 9.53 Å². The predicted molar refractivity (Wildman–Crippen MR) is 57.7 cm³/mol. The lowest BCUT2D eigenvalue weighted by Crippen LogP contribution is -2.77. The van der Waals surface area contributed by atoms with Gasteiger partial charge in [-0.05, 0) is 0 Å². The van der Waals surface area contributed by atoms with Crippen LogP contribution in [0.3, 0.4) is 0 Å². The molecule has 0 saturated heterocycles. The molecule has 0 aromatic carbocycles. The highest BCUT2D eigenvalue weighted by Crippen LogP contribution is 2.66. The standard InChI is InChI=1S/C11HF21O2/c12-2(13,4(16,17)6(20,21)8(24,25)10(28,29)30)3(14,15)5(18,19)7(22,23)9(26,27)11(31,32)34-1-33/h1H. The molecule has 0 unspecified atom stereocenters. The number of carbonyl (C=O) groups excluding carboxylic acids is 1. The molecule has 204 valence electrons. The minimum atomic E-state index is -9.23. The SMILES string of the molecule is O=COC(F)(F)C(F)(F)C(F)(F)C(F)(F)C(F)(F)C(F)(F)C(F)(F)C(F)(F)C(F)(F)C(F)(F)F. The van der Waals surface area contributed by atoms with E-state index >= 15 is 0 Å². The second-order valence-electron chi connectivity index (χ2n) is 5.82. The highest BCUT2D eigenvalue weighted by Gasteiger charge is 2.98. The third-order valence-corrected chi connectivity index (χ3v) is 3.68. The van der Waals surface area contributed by atoms with Crippen LogP contribution in [0.1, 0.15) is 0 Å². The molecule has 0 heterocycles.